The molecule has 1 rings (SSSR count). The molecule has 1 aliphatic rings. The van der Waals surface area contributed by atoms with Gasteiger partial charge < -0.3 is 4.90 Å². The van der Waals surface area contributed by atoms with Gasteiger partial charge in [-0.2, -0.15) is 0 Å². The van der Waals surface area contributed by atoms with E-state index >= 15 is 0 Å². The van der Waals surface area contributed by atoms with E-state index in [-0.39, 0.29) is 12.2 Å². The quantitative estimate of drug-likeness (QED) is 0.576. The first kappa shape index (κ1) is 18.5. The zero-order chi connectivity index (χ0) is 15.7. The average molecular weight is 296 g/mol. The predicted octanol–water partition coefficient (Wildman–Crippen LogP) is 4.32. The predicted molar refractivity (Wildman–Crippen MR) is 90.2 cm³/mol. The molecule has 0 saturated carbocycles. The summed E-state index contributed by atoms with van der Waals surface area (Å²) in [4.78, 5) is 14.5. The van der Waals surface area contributed by atoms with Crippen LogP contribution in [-0.4, -0.2) is 29.6 Å². The zero-order valence-electron chi connectivity index (χ0n) is 14.7. The Morgan fingerprint density at radius 3 is 2.10 bits per heavy atom. The van der Waals surface area contributed by atoms with Gasteiger partial charge in [0.25, 0.3) is 0 Å². The number of unbranched alkanes of at least 4 members (excludes halogenated alkanes) is 7. The standard InChI is InChI=1S/C18H36N2O/c1-5-7-8-9-10-11-12-13-14-20-16(6-2)19-17(15(3)4)18(20)21/h15-17,19H,5-14H2,1-4H3. The number of nitrogens with zero attached hydrogens (tertiary/aromatic N) is 1. The Labute approximate surface area is 131 Å². The normalized spacial score (nSPS) is 22.5. The molecule has 2 unspecified atom stereocenters. The number of amides is 1. The molecule has 0 aromatic heterocycles. The summed E-state index contributed by atoms with van der Waals surface area (Å²) in [6, 6.07) is 0.0315. The van der Waals surface area contributed by atoms with Crippen molar-refractivity contribution in [3.05, 3.63) is 0 Å². The molecule has 1 saturated heterocycles. The second-order valence-electron chi connectivity index (χ2n) is 6.82. The van der Waals surface area contributed by atoms with E-state index in [1.165, 1.54) is 44.9 Å². The fraction of sp³-hybridized carbons (Fsp3) is 0.944. The molecule has 1 N–H and O–H groups in total. The molecule has 3 heteroatoms. The second kappa shape index (κ2) is 10.2. The monoisotopic (exact) mass is 296 g/mol. The Bertz CT molecular complexity index is 291. The number of hydrogen-bond donors (Lipinski definition) is 1. The van der Waals surface area contributed by atoms with E-state index in [0.29, 0.717) is 11.8 Å². The van der Waals surface area contributed by atoms with Gasteiger partial charge in [0, 0.05) is 6.54 Å². The highest BCUT2D eigenvalue weighted by molar-refractivity contribution is 5.84. The first-order valence-corrected chi connectivity index (χ1v) is 9.18. The lowest BCUT2D eigenvalue weighted by atomic mass is 10.0. The Hall–Kier alpha value is -0.570. The van der Waals surface area contributed by atoms with Crippen LogP contribution in [0, 0.1) is 5.92 Å². The molecular weight excluding hydrogens is 260 g/mol. The average Bonchev–Trinajstić information content (AvgIpc) is 2.78. The van der Waals surface area contributed by atoms with Crippen molar-refractivity contribution in [1.29, 1.82) is 0 Å². The Morgan fingerprint density at radius 1 is 1.00 bits per heavy atom. The van der Waals surface area contributed by atoms with Crippen molar-refractivity contribution < 1.29 is 4.79 Å². The molecule has 2 atom stereocenters. The lowest BCUT2D eigenvalue weighted by molar-refractivity contribution is -0.130. The van der Waals surface area contributed by atoms with Crippen LogP contribution in [0.15, 0.2) is 0 Å². The van der Waals surface area contributed by atoms with Crippen molar-refractivity contribution in [3.63, 3.8) is 0 Å². The van der Waals surface area contributed by atoms with E-state index in [1.807, 2.05) is 0 Å². The summed E-state index contributed by atoms with van der Waals surface area (Å²) < 4.78 is 0. The van der Waals surface area contributed by atoms with Crippen molar-refractivity contribution in [2.24, 2.45) is 5.92 Å². The zero-order valence-corrected chi connectivity index (χ0v) is 14.7. The molecule has 0 bridgehead atoms. The van der Waals surface area contributed by atoms with Crippen LogP contribution in [0.5, 0.6) is 0 Å². The molecule has 0 aliphatic carbocycles. The van der Waals surface area contributed by atoms with Gasteiger partial charge in [-0.1, -0.05) is 72.6 Å². The summed E-state index contributed by atoms with van der Waals surface area (Å²) in [5, 5.41) is 3.49. The topological polar surface area (TPSA) is 32.3 Å². The Kier molecular flexibility index (Phi) is 8.98. The number of rotatable bonds is 11. The molecule has 1 amide bonds. The fourth-order valence-electron chi connectivity index (χ4n) is 3.20. The van der Waals surface area contributed by atoms with Gasteiger partial charge in [0.15, 0.2) is 0 Å². The number of hydrogen-bond acceptors (Lipinski definition) is 2. The number of carbonyl (C=O) groups is 1. The molecular formula is C18H36N2O. The van der Waals surface area contributed by atoms with Gasteiger partial charge in [-0.3, -0.25) is 10.1 Å². The molecule has 3 nitrogen and oxygen atoms in total. The van der Waals surface area contributed by atoms with Gasteiger partial charge in [-0.15, -0.1) is 0 Å². The smallest absolute Gasteiger partial charge is 0.241 e. The summed E-state index contributed by atoms with van der Waals surface area (Å²) in [6.07, 6.45) is 11.8. The van der Waals surface area contributed by atoms with E-state index in [9.17, 15) is 4.79 Å². The molecule has 1 fully saturated rings. The highest BCUT2D eigenvalue weighted by Crippen LogP contribution is 2.20. The maximum Gasteiger partial charge on any atom is 0.241 e. The molecule has 0 aromatic rings. The van der Waals surface area contributed by atoms with Crippen LogP contribution in [0.25, 0.3) is 0 Å². The fourth-order valence-corrected chi connectivity index (χ4v) is 3.20. The molecule has 0 aromatic carbocycles. The van der Waals surface area contributed by atoms with Gasteiger partial charge in [0.2, 0.25) is 5.91 Å². The van der Waals surface area contributed by atoms with Crippen LogP contribution in [0.1, 0.15) is 85.5 Å². The van der Waals surface area contributed by atoms with Gasteiger partial charge in [-0.05, 0) is 18.8 Å². The van der Waals surface area contributed by atoms with Gasteiger partial charge in [-0.25, -0.2) is 0 Å². The molecule has 1 heterocycles. The first-order chi connectivity index (χ1) is 10.1. The van der Waals surface area contributed by atoms with Crippen LogP contribution in [-0.2, 0) is 4.79 Å². The van der Waals surface area contributed by atoms with Crippen molar-refractivity contribution in [1.82, 2.24) is 10.2 Å². The Morgan fingerprint density at radius 2 is 1.57 bits per heavy atom. The first-order valence-electron chi connectivity index (χ1n) is 9.18. The Balaban J connectivity index is 2.19. The van der Waals surface area contributed by atoms with Crippen molar-refractivity contribution in [2.45, 2.75) is 97.7 Å². The van der Waals surface area contributed by atoms with E-state index < -0.39 is 0 Å². The van der Waals surface area contributed by atoms with Crippen molar-refractivity contribution >= 4 is 5.91 Å². The van der Waals surface area contributed by atoms with E-state index in [0.717, 1.165) is 19.4 Å². The minimum atomic E-state index is 0.0315. The third-order valence-electron chi connectivity index (χ3n) is 4.60. The van der Waals surface area contributed by atoms with E-state index in [4.69, 9.17) is 0 Å². The summed E-state index contributed by atoms with van der Waals surface area (Å²) in [7, 11) is 0. The van der Waals surface area contributed by atoms with Gasteiger partial charge >= 0.3 is 0 Å². The molecule has 21 heavy (non-hydrogen) atoms. The minimum absolute atomic E-state index is 0.0315. The van der Waals surface area contributed by atoms with Gasteiger partial charge in [0.05, 0.1) is 12.2 Å². The van der Waals surface area contributed by atoms with Crippen LogP contribution in [0.3, 0.4) is 0 Å². The van der Waals surface area contributed by atoms with E-state index in [2.05, 4.69) is 37.9 Å². The third kappa shape index (κ3) is 5.98. The lowest BCUT2D eigenvalue weighted by Gasteiger charge is -2.23. The number of nitrogens with one attached hydrogen (secondary N) is 1. The number of carbonyl (C=O) groups excluding carboxylic acids is 1. The molecule has 124 valence electrons. The van der Waals surface area contributed by atoms with E-state index in [1.54, 1.807) is 0 Å². The maximum absolute atomic E-state index is 12.4. The highest BCUT2D eigenvalue weighted by Gasteiger charge is 2.38. The largest absolute Gasteiger partial charge is 0.326 e. The summed E-state index contributed by atoms with van der Waals surface area (Å²) >= 11 is 0. The SMILES string of the molecule is CCCCCCCCCCN1C(=O)C(C(C)C)NC1CC. The molecule has 1 aliphatic heterocycles. The maximum atomic E-state index is 12.4. The molecule has 0 radical (unpaired) electrons. The minimum Gasteiger partial charge on any atom is -0.326 e. The second-order valence-corrected chi connectivity index (χ2v) is 6.82. The van der Waals surface area contributed by atoms with Gasteiger partial charge in [0.1, 0.15) is 0 Å². The van der Waals surface area contributed by atoms with Crippen LogP contribution in [0.2, 0.25) is 0 Å². The van der Waals surface area contributed by atoms with Crippen molar-refractivity contribution in [2.75, 3.05) is 6.54 Å². The van der Waals surface area contributed by atoms with Crippen LogP contribution < -0.4 is 5.32 Å². The summed E-state index contributed by atoms with van der Waals surface area (Å²) in [5.74, 6) is 0.704. The van der Waals surface area contributed by atoms with Crippen molar-refractivity contribution in [3.8, 4) is 0 Å². The summed E-state index contributed by atoms with van der Waals surface area (Å²) in [5.41, 5.74) is 0. The highest BCUT2D eigenvalue weighted by atomic mass is 16.2. The van der Waals surface area contributed by atoms with Crippen LogP contribution in [0.4, 0.5) is 0 Å². The summed E-state index contributed by atoms with van der Waals surface area (Å²) in [6.45, 7) is 9.61. The lowest BCUT2D eigenvalue weighted by Crippen LogP contribution is -2.37. The van der Waals surface area contributed by atoms with Crippen LogP contribution >= 0.6 is 0 Å². The third-order valence-corrected chi connectivity index (χ3v) is 4.60. The molecule has 0 spiro atoms.